The fourth-order valence-electron chi connectivity index (χ4n) is 2.87. The van der Waals surface area contributed by atoms with Crippen molar-refractivity contribution in [2.45, 2.75) is 65.0 Å². The number of thioether (sulfide) groups is 1. The Morgan fingerprint density at radius 1 is 0.963 bits per heavy atom. The predicted octanol–water partition coefficient (Wildman–Crippen LogP) is 6.28. The van der Waals surface area contributed by atoms with Gasteiger partial charge >= 0.3 is 0 Å². The van der Waals surface area contributed by atoms with Gasteiger partial charge in [0.25, 0.3) is 5.91 Å². The first-order valence-corrected chi connectivity index (χ1v) is 11.0. The molecule has 0 radical (unpaired) electrons. The molecule has 0 fully saturated rings. The topological polar surface area (TPSA) is 33.2 Å². The van der Waals surface area contributed by atoms with Gasteiger partial charge in [0, 0.05) is 23.7 Å². The van der Waals surface area contributed by atoms with Crippen molar-refractivity contribution in [1.82, 2.24) is 9.88 Å². The van der Waals surface area contributed by atoms with Crippen LogP contribution in [0.15, 0.2) is 41.3 Å². The summed E-state index contributed by atoms with van der Waals surface area (Å²) in [6, 6.07) is 12.1. The van der Waals surface area contributed by atoms with Crippen LogP contribution in [0.4, 0.5) is 0 Å². The van der Waals surface area contributed by atoms with E-state index in [9.17, 15) is 4.79 Å². The molecule has 0 aliphatic heterocycles. The number of rotatable bonds is 8. The average Bonchev–Trinajstić information content (AvgIpc) is 2.69. The number of carbonyl (C=O) groups excluding carboxylic acids is 1. The maximum absolute atomic E-state index is 12.7. The third kappa shape index (κ3) is 7.02. The largest absolute Gasteiger partial charge is 0.337 e. The van der Waals surface area contributed by atoms with Crippen LogP contribution in [0.3, 0.4) is 0 Å². The molecule has 0 saturated carbocycles. The van der Waals surface area contributed by atoms with Gasteiger partial charge in [-0.2, -0.15) is 0 Å². The van der Waals surface area contributed by atoms with Gasteiger partial charge in [0.05, 0.1) is 5.69 Å². The molecule has 27 heavy (non-hydrogen) atoms. The Bertz CT molecular complexity index is 689. The molecular formula is C23H34N2OS. The molecule has 148 valence electrons. The summed E-state index contributed by atoms with van der Waals surface area (Å²) in [5.41, 5.74) is 4.08. The van der Waals surface area contributed by atoms with Crippen LogP contribution in [0.2, 0.25) is 0 Å². The summed E-state index contributed by atoms with van der Waals surface area (Å²) >= 11 is 1.79. The first-order valence-electron chi connectivity index (χ1n) is 10.0. The number of carbonyl (C=O) groups is 1. The van der Waals surface area contributed by atoms with E-state index in [0.29, 0.717) is 5.69 Å². The van der Waals surface area contributed by atoms with E-state index in [1.165, 1.54) is 16.0 Å². The van der Waals surface area contributed by atoms with Crippen LogP contribution in [0.25, 0.3) is 0 Å². The fraction of sp³-hybridized carbons (Fsp3) is 0.478. The standard InChI is InChI=1S/C21H28N2OS.C2H6/c1-5-13-23(14-6-2)21(24)19-12-8-11-18(22-19)15-25-20-16(3)9-7-10-17(20)4;1-2/h7-12H,5-6,13-15H2,1-4H3;1-2H3. The van der Waals surface area contributed by atoms with E-state index >= 15 is 0 Å². The lowest BCUT2D eigenvalue weighted by Crippen LogP contribution is -2.33. The SMILES string of the molecule is CC.CCCN(CCC)C(=O)c1cccc(CSc2c(C)cccc2C)n1. The van der Waals surface area contributed by atoms with Crippen LogP contribution in [-0.2, 0) is 5.75 Å². The minimum absolute atomic E-state index is 0.0441. The monoisotopic (exact) mass is 386 g/mol. The van der Waals surface area contributed by atoms with Crippen LogP contribution in [-0.4, -0.2) is 28.9 Å². The molecule has 1 aromatic heterocycles. The Kier molecular flexibility index (Phi) is 10.8. The summed E-state index contributed by atoms with van der Waals surface area (Å²) in [6.07, 6.45) is 1.93. The smallest absolute Gasteiger partial charge is 0.272 e. The molecule has 0 saturated heterocycles. The van der Waals surface area contributed by atoms with Crippen molar-refractivity contribution >= 4 is 17.7 Å². The van der Waals surface area contributed by atoms with Gasteiger partial charge in [-0.05, 0) is 49.9 Å². The number of benzene rings is 1. The lowest BCUT2D eigenvalue weighted by atomic mass is 10.2. The van der Waals surface area contributed by atoms with Gasteiger partial charge in [0.15, 0.2) is 0 Å². The maximum Gasteiger partial charge on any atom is 0.272 e. The zero-order valence-electron chi connectivity index (χ0n) is 17.7. The van der Waals surface area contributed by atoms with Gasteiger partial charge in [-0.25, -0.2) is 4.98 Å². The van der Waals surface area contributed by atoms with Crippen molar-refractivity contribution in [1.29, 1.82) is 0 Å². The minimum Gasteiger partial charge on any atom is -0.337 e. The molecule has 0 N–H and O–H groups in total. The van der Waals surface area contributed by atoms with Crippen LogP contribution in [0.5, 0.6) is 0 Å². The average molecular weight is 387 g/mol. The maximum atomic E-state index is 12.7. The lowest BCUT2D eigenvalue weighted by Gasteiger charge is -2.21. The molecule has 1 aromatic carbocycles. The molecule has 0 atom stereocenters. The minimum atomic E-state index is 0.0441. The zero-order chi connectivity index (χ0) is 20.2. The second kappa shape index (κ2) is 12.6. The van der Waals surface area contributed by atoms with E-state index in [1.807, 2.05) is 36.9 Å². The highest BCUT2D eigenvalue weighted by atomic mass is 32.2. The normalized spacial score (nSPS) is 10.1. The molecule has 0 aliphatic carbocycles. The van der Waals surface area contributed by atoms with E-state index < -0.39 is 0 Å². The Hall–Kier alpha value is -1.81. The van der Waals surface area contributed by atoms with Gasteiger partial charge in [-0.15, -0.1) is 11.8 Å². The van der Waals surface area contributed by atoms with Gasteiger partial charge < -0.3 is 4.90 Å². The molecule has 1 amide bonds. The Morgan fingerprint density at radius 2 is 1.52 bits per heavy atom. The summed E-state index contributed by atoms with van der Waals surface area (Å²) in [4.78, 5) is 20.5. The van der Waals surface area contributed by atoms with Crippen molar-refractivity contribution in [2.24, 2.45) is 0 Å². The summed E-state index contributed by atoms with van der Waals surface area (Å²) in [5, 5.41) is 0. The van der Waals surface area contributed by atoms with E-state index in [4.69, 9.17) is 0 Å². The highest BCUT2D eigenvalue weighted by molar-refractivity contribution is 7.98. The van der Waals surface area contributed by atoms with Crippen molar-refractivity contribution in [2.75, 3.05) is 13.1 Å². The van der Waals surface area contributed by atoms with Crippen molar-refractivity contribution in [3.63, 3.8) is 0 Å². The van der Waals surface area contributed by atoms with Gasteiger partial charge in [-0.1, -0.05) is 52.0 Å². The van der Waals surface area contributed by atoms with E-state index in [2.05, 4.69) is 50.9 Å². The molecule has 1 heterocycles. The molecule has 2 rings (SSSR count). The second-order valence-electron chi connectivity index (χ2n) is 6.32. The molecule has 0 bridgehead atoms. The Labute approximate surface area is 169 Å². The summed E-state index contributed by atoms with van der Waals surface area (Å²) < 4.78 is 0. The lowest BCUT2D eigenvalue weighted by molar-refractivity contribution is 0.0749. The highest BCUT2D eigenvalue weighted by Gasteiger charge is 2.16. The van der Waals surface area contributed by atoms with Crippen molar-refractivity contribution in [3.05, 3.63) is 58.9 Å². The molecule has 0 spiro atoms. The van der Waals surface area contributed by atoms with Crippen LogP contribution in [0.1, 0.15) is 67.8 Å². The predicted molar refractivity (Wildman–Crippen MR) is 118 cm³/mol. The summed E-state index contributed by atoms with van der Waals surface area (Å²) in [5.74, 6) is 0.816. The van der Waals surface area contributed by atoms with E-state index in [1.54, 1.807) is 11.8 Å². The van der Waals surface area contributed by atoms with Crippen molar-refractivity contribution < 1.29 is 4.79 Å². The van der Waals surface area contributed by atoms with E-state index in [-0.39, 0.29) is 5.91 Å². The summed E-state index contributed by atoms with van der Waals surface area (Å²) in [6.45, 7) is 14.0. The highest BCUT2D eigenvalue weighted by Crippen LogP contribution is 2.28. The Morgan fingerprint density at radius 3 is 2.07 bits per heavy atom. The molecule has 0 unspecified atom stereocenters. The number of amides is 1. The number of aromatic nitrogens is 1. The molecule has 3 nitrogen and oxygen atoms in total. The quantitative estimate of drug-likeness (QED) is 0.501. The molecular weight excluding hydrogens is 352 g/mol. The first-order chi connectivity index (χ1) is 13.1. The zero-order valence-corrected chi connectivity index (χ0v) is 18.5. The first kappa shape index (κ1) is 23.2. The number of hydrogen-bond donors (Lipinski definition) is 0. The van der Waals surface area contributed by atoms with Gasteiger partial charge in [0.1, 0.15) is 5.69 Å². The Balaban J connectivity index is 0.00000176. The molecule has 2 aromatic rings. The number of nitrogens with zero attached hydrogens (tertiary/aromatic N) is 2. The van der Waals surface area contributed by atoms with Gasteiger partial charge in [0.2, 0.25) is 0 Å². The third-order valence-corrected chi connectivity index (χ3v) is 5.45. The second-order valence-corrected chi connectivity index (χ2v) is 7.30. The fourth-order valence-corrected chi connectivity index (χ4v) is 3.91. The van der Waals surface area contributed by atoms with Gasteiger partial charge in [-0.3, -0.25) is 4.79 Å². The molecule has 0 aliphatic rings. The molecule has 4 heteroatoms. The van der Waals surface area contributed by atoms with E-state index in [0.717, 1.165) is 37.4 Å². The number of pyridine rings is 1. The van der Waals surface area contributed by atoms with Crippen LogP contribution < -0.4 is 0 Å². The van der Waals surface area contributed by atoms with Crippen LogP contribution >= 0.6 is 11.8 Å². The van der Waals surface area contributed by atoms with Crippen LogP contribution in [0, 0.1) is 13.8 Å². The summed E-state index contributed by atoms with van der Waals surface area (Å²) in [7, 11) is 0. The third-order valence-electron chi connectivity index (χ3n) is 4.07. The van der Waals surface area contributed by atoms with Crippen molar-refractivity contribution in [3.8, 4) is 0 Å². The number of aryl methyl sites for hydroxylation is 2. The number of hydrogen-bond acceptors (Lipinski definition) is 3.